The van der Waals surface area contributed by atoms with E-state index in [1.165, 1.54) is 0 Å². The molecule has 2 amide bonds. The molecule has 0 spiro atoms. The van der Waals surface area contributed by atoms with E-state index in [4.69, 9.17) is 18.0 Å². The number of carbonyl (C=O) groups is 2. The van der Waals surface area contributed by atoms with Crippen LogP contribution in [0.5, 0.6) is 0 Å². The summed E-state index contributed by atoms with van der Waals surface area (Å²) >= 11 is 4.76. The highest BCUT2D eigenvalue weighted by Crippen LogP contribution is 1.92. The molecule has 0 aliphatic carbocycles. The third-order valence-corrected chi connectivity index (χ3v) is 2.71. The van der Waals surface area contributed by atoms with Gasteiger partial charge in [-0.05, 0) is 13.5 Å². The number of hydrogen-bond acceptors (Lipinski definition) is 4. The maximum Gasteiger partial charge on any atom is 0.236 e. The lowest BCUT2D eigenvalue weighted by Gasteiger charge is -2.21. The summed E-state index contributed by atoms with van der Waals surface area (Å²) in [5, 5.41) is 2.77. The molecule has 0 fully saturated rings. The Balaban J connectivity index is 3.96. The van der Waals surface area contributed by atoms with Crippen molar-refractivity contribution in [2.24, 2.45) is 5.73 Å². The van der Waals surface area contributed by atoms with Crippen LogP contribution in [0.3, 0.4) is 0 Å². The highest BCUT2D eigenvalue weighted by atomic mass is 32.1. The number of thiocarbonyl (C=S) groups is 1. The van der Waals surface area contributed by atoms with Crippen LogP contribution >= 0.6 is 12.2 Å². The molecule has 7 heteroatoms. The summed E-state index contributed by atoms with van der Waals surface area (Å²) in [6.45, 7) is 3.57. The molecule has 0 saturated carbocycles. The summed E-state index contributed by atoms with van der Waals surface area (Å²) in [5.74, 6) is -0.120. The van der Waals surface area contributed by atoms with E-state index in [0.717, 1.165) is 6.42 Å². The van der Waals surface area contributed by atoms with Crippen LogP contribution in [0.4, 0.5) is 0 Å². The van der Waals surface area contributed by atoms with Crippen molar-refractivity contribution >= 4 is 29.0 Å². The number of nitrogens with two attached hydrogens (primary N) is 1. The van der Waals surface area contributed by atoms with Gasteiger partial charge >= 0.3 is 0 Å². The number of hydrogen-bond donors (Lipinski definition) is 2. The lowest BCUT2D eigenvalue weighted by Crippen LogP contribution is -2.42. The maximum atomic E-state index is 11.8. The van der Waals surface area contributed by atoms with Gasteiger partial charge in [-0.2, -0.15) is 0 Å². The maximum absolute atomic E-state index is 11.8. The number of carbonyl (C=O) groups excluding carboxylic acids is 2. The molecule has 0 bridgehead atoms. The lowest BCUT2D eigenvalue weighted by atomic mass is 10.3. The van der Waals surface area contributed by atoms with Gasteiger partial charge in [0.25, 0.3) is 0 Å². The summed E-state index contributed by atoms with van der Waals surface area (Å²) in [6.07, 6.45) is 1.41. The predicted octanol–water partition coefficient (Wildman–Crippen LogP) is -0.421. The summed E-state index contributed by atoms with van der Waals surface area (Å²) in [6, 6.07) is 0. The van der Waals surface area contributed by atoms with E-state index < -0.39 is 0 Å². The topological polar surface area (TPSA) is 78.7 Å². The summed E-state index contributed by atoms with van der Waals surface area (Å²) < 4.78 is 0. The molecule has 0 radical (unpaired) electrons. The van der Waals surface area contributed by atoms with Crippen molar-refractivity contribution in [1.29, 1.82) is 0 Å². The number of nitrogens with one attached hydrogen (secondary N) is 1. The second-order valence-corrected chi connectivity index (χ2v) is 5.08. The van der Waals surface area contributed by atoms with Crippen molar-refractivity contribution in [3.8, 4) is 0 Å². The van der Waals surface area contributed by atoms with Crippen molar-refractivity contribution in [1.82, 2.24) is 15.1 Å². The molecule has 0 aromatic rings. The molecule has 0 aliphatic rings. The number of likely N-dealkylation sites (N-methyl/N-ethyl adjacent to an activating group) is 2. The Kier molecular flexibility index (Phi) is 9.07. The molecule has 19 heavy (non-hydrogen) atoms. The largest absolute Gasteiger partial charge is 0.393 e. The fourth-order valence-electron chi connectivity index (χ4n) is 1.38. The van der Waals surface area contributed by atoms with E-state index >= 15 is 0 Å². The van der Waals surface area contributed by atoms with Gasteiger partial charge in [-0.1, -0.05) is 19.1 Å². The van der Waals surface area contributed by atoms with Crippen molar-refractivity contribution in [2.75, 3.05) is 40.3 Å². The first-order valence-corrected chi connectivity index (χ1v) is 6.75. The number of nitrogens with zero attached hydrogens (tertiary/aromatic N) is 2. The van der Waals surface area contributed by atoms with E-state index in [1.807, 2.05) is 6.92 Å². The van der Waals surface area contributed by atoms with Crippen LogP contribution in [-0.4, -0.2) is 66.9 Å². The van der Waals surface area contributed by atoms with E-state index in [-0.39, 0.29) is 24.9 Å². The highest BCUT2D eigenvalue weighted by molar-refractivity contribution is 7.80. The monoisotopic (exact) mass is 288 g/mol. The van der Waals surface area contributed by atoms with Crippen LogP contribution in [0.25, 0.3) is 0 Å². The van der Waals surface area contributed by atoms with E-state index in [1.54, 1.807) is 23.9 Å². The fraction of sp³-hybridized carbons (Fsp3) is 0.750. The molecule has 3 N–H and O–H groups in total. The molecule has 0 saturated heterocycles. The highest BCUT2D eigenvalue weighted by Gasteiger charge is 2.13. The summed E-state index contributed by atoms with van der Waals surface area (Å²) in [7, 11) is 3.44. The first-order chi connectivity index (χ1) is 8.86. The molecule has 110 valence electrons. The number of rotatable bonds is 9. The molecule has 0 unspecified atom stereocenters. The summed E-state index contributed by atoms with van der Waals surface area (Å²) in [4.78, 5) is 26.9. The minimum atomic E-state index is -0.0667. The Morgan fingerprint density at radius 3 is 2.42 bits per heavy atom. The molecule has 6 nitrogen and oxygen atoms in total. The van der Waals surface area contributed by atoms with Gasteiger partial charge < -0.3 is 16.0 Å². The van der Waals surface area contributed by atoms with Gasteiger partial charge in [0.05, 0.1) is 18.1 Å². The van der Waals surface area contributed by atoms with Crippen LogP contribution in [0.2, 0.25) is 0 Å². The van der Waals surface area contributed by atoms with Crippen molar-refractivity contribution in [3.05, 3.63) is 0 Å². The van der Waals surface area contributed by atoms with Crippen molar-refractivity contribution < 1.29 is 9.59 Å². The fourth-order valence-corrected chi connectivity index (χ4v) is 1.47. The van der Waals surface area contributed by atoms with Gasteiger partial charge in [0.1, 0.15) is 0 Å². The quantitative estimate of drug-likeness (QED) is 0.563. The van der Waals surface area contributed by atoms with Gasteiger partial charge in [0.15, 0.2) is 0 Å². The van der Waals surface area contributed by atoms with Crippen LogP contribution in [0.15, 0.2) is 0 Å². The van der Waals surface area contributed by atoms with Gasteiger partial charge in [-0.3, -0.25) is 14.5 Å². The normalized spacial score (nSPS) is 10.3. The molecular weight excluding hydrogens is 264 g/mol. The first-order valence-electron chi connectivity index (χ1n) is 6.34. The van der Waals surface area contributed by atoms with Crippen LogP contribution in [0.1, 0.15) is 19.8 Å². The van der Waals surface area contributed by atoms with Crippen LogP contribution in [0, 0.1) is 0 Å². The third-order valence-electron chi connectivity index (χ3n) is 2.51. The predicted molar refractivity (Wildman–Crippen MR) is 79.8 cm³/mol. The zero-order valence-electron chi connectivity index (χ0n) is 11.9. The standard InChI is InChI=1S/C12H24N4O2S/c1-4-6-14-11(17)8-15(2)9-12(18)16(3)7-5-10(13)19/h4-9H2,1-3H3,(H2,13,19)(H,14,17). The average molecular weight is 288 g/mol. The lowest BCUT2D eigenvalue weighted by molar-refractivity contribution is -0.131. The molecular formula is C12H24N4O2S. The van der Waals surface area contributed by atoms with Gasteiger partial charge in [-0.25, -0.2) is 0 Å². The second kappa shape index (κ2) is 9.69. The van der Waals surface area contributed by atoms with Gasteiger partial charge in [0.2, 0.25) is 11.8 Å². The molecule has 0 atom stereocenters. The molecule has 0 aromatic carbocycles. The zero-order chi connectivity index (χ0) is 14.8. The SMILES string of the molecule is CCCNC(=O)CN(C)CC(=O)N(C)CCC(N)=S. The number of amides is 2. The first kappa shape index (κ1) is 17.8. The van der Waals surface area contributed by atoms with Crippen molar-refractivity contribution in [3.63, 3.8) is 0 Å². The molecule has 0 heterocycles. The smallest absolute Gasteiger partial charge is 0.236 e. The summed E-state index contributed by atoms with van der Waals surface area (Å²) in [5.41, 5.74) is 5.38. The Morgan fingerprint density at radius 1 is 1.26 bits per heavy atom. The van der Waals surface area contributed by atoms with Crippen molar-refractivity contribution in [2.45, 2.75) is 19.8 Å². The van der Waals surface area contributed by atoms with Crippen LogP contribution < -0.4 is 11.1 Å². The van der Waals surface area contributed by atoms with Crippen LogP contribution in [-0.2, 0) is 9.59 Å². The minimum absolute atomic E-state index is 0.0537. The van der Waals surface area contributed by atoms with E-state index in [9.17, 15) is 9.59 Å². The molecule has 0 aromatic heterocycles. The van der Waals surface area contributed by atoms with Gasteiger partial charge in [-0.15, -0.1) is 0 Å². The van der Waals surface area contributed by atoms with E-state index in [2.05, 4.69) is 5.32 Å². The zero-order valence-corrected chi connectivity index (χ0v) is 12.8. The average Bonchev–Trinajstić information content (AvgIpc) is 2.32. The Bertz CT molecular complexity index is 323. The Labute approximate surface area is 120 Å². The Hall–Kier alpha value is -1.21. The molecule has 0 aliphatic heterocycles. The van der Waals surface area contributed by atoms with Gasteiger partial charge in [0, 0.05) is 26.6 Å². The molecule has 0 rings (SSSR count). The third kappa shape index (κ3) is 9.38. The second-order valence-electron chi connectivity index (χ2n) is 4.55. The Morgan fingerprint density at radius 2 is 1.89 bits per heavy atom. The minimum Gasteiger partial charge on any atom is -0.393 e. The van der Waals surface area contributed by atoms with E-state index in [0.29, 0.717) is 24.5 Å².